The minimum absolute atomic E-state index is 0.136. The summed E-state index contributed by atoms with van der Waals surface area (Å²) in [7, 11) is 0. The van der Waals surface area contributed by atoms with Crippen molar-refractivity contribution in [3.63, 3.8) is 0 Å². The Labute approximate surface area is 105 Å². The maximum absolute atomic E-state index is 10.7. The van der Waals surface area contributed by atoms with E-state index in [-0.39, 0.29) is 5.56 Å². The zero-order valence-electron chi connectivity index (χ0n) is 10.0. The second-order valence-electron chi connectivity index (χ2n) is 4.55. The van der Waals surface area contributed by atoms with E-state index in [1.807, 2.05) is 0 Å². The van der Waals surface area contributed by atoms with E-state index in [4.69, 9.17) is 14.3 Å². The summed E-state index contributed by atoms with van der Waals surface area (Å²) in [6.07, 6.45) is 2.43. The number of carboxylic acids is 1. The molecule has 6 heteroatoms. The van der Waals surface area contributed by atoms with Crippen molar-refractivity contribution in [2.45, 2.75) is 25.0 Å². The van der Waals surface area contributed by atoms with Crippen LogP contribution in [0.2, 0.25) is 0 Å². The molecule has 0 spiro atoms. The number of rotatable bonds is 5. The molecule has 0 radical (unpaired) electrons. The molecule has 2 rings (SSSR count). The molecule has 6 nitrogen and oxygen atoms in total. The smallest absolute Gasteiger partial charge is 0.338 e. The molecule has 0 saturated carbocycles. The van der Waals surface area contributed by atoms with E-state index < -0.39 is 11.6 Å². The number of furan rings is 1. The van der Waals surface area contributed by atoms with Gasteiger partial charge in [-0.05, 0) is 6.07 Å². The fraction of sp³-hybridized carbons (Fsp3) is 0.583. The van der Waals surface area contributed by atoms with Crippen LogP contribution in [0.3, 0.4) is 0 Å². The highest BCUT2D eigenvalue weighted by atomic mass is 16.5. The molecule has 1 aliphatic rings. The second kappa shape index (κ2) is 5.51. The molecule has 1 aromatic heterocycles. The summed E-state index contributed by atoms with van der Waals surface area (Å²) < 4.78 is 10.3. The topological polar surface area (TPSA) is 91.9 Å². The zero-order valence-corrected chi connectivity index (χ0v) is 10.0. The summed E-state index contributed by atoms with van der Waals surface area (Å²) in [6, 6.07) is 1.48. The number of nitrogens with one attached hydrogen (secondary N) is 1. The SMILES string of the molecule is O=C(O)c1coc(CNCC2(O)CCOCC2)c1. The first kappa shape index (κ1) is 13.1. The molecule has 1 fully saturated rings. The number of aromatic carboxylic acids is 1. The van der Waals surface area contributed by atoms with Gasteiger partial charge in [0.15, 0.2) is 0 Å². The molecule has 1 aromatic rings. The summed E-state index contributed by atoms with van der Waals surface area (Å²) in [4.78, 5) is 10.7. The standard InChI is InChI=1S/C12H17NO5/c14-11(15)9-5-10(18-7-9)6-13-8-12(16)1-3-17-4-2-12/h5,7,13,16H,1-4,6,8H2,(H,14,15). The largest absolute Gasteiger partial charge is 0.478 e. The normalized spacial score (nSPS) is 18.7. The average Bonchev–Trinajstić information content (AvgIpc) is 2.78. The molecular weight excluding hydrogens is 238 g/mol. The molecule has 1 aliphatic heterocycles. The van der Waals surface area contributed by atoms with Gasteiger partial charge in [-0.15, -0.1) is 0 Å². The Morgan fingerprint density at radius 1 is 1.44 bits per heavy atom. The molecule has 0 bridgehead atoms. The van der Waals surface area contributed by atoms with Gasteiger partial charge in [0, 0.05) is 32.6 Å². The highest BCUT2D eigenvalue weighted by Crippen LogP contribution is 2.19. The van der Waals surface area contributed by atoms with Crippen molar-refractivity contribution in [2.24, 2.45) is 0 Å². The highest BCUT2D eigenvalue weighted by Gasteiger charge is 2.29. The Kier molecular flexibility index (Phi) is 4.00. The molecule has 3 N–H and O–H groups in total. The van der Waals surface area contributed by atoms with Crippen molar-refractivity contribution in [1.82, 2.24) is 5.32 Å². The minimum atomic E-state index is -1.01. The van der Waals surface area contributed by atoms with Crippen LogP contribution in [0.15, 0.2) is 16.7 Å². The van der Waals surface area contributed by atoms with Gasteiger partial charge in [0.1, 0.15) is 12.0 Å². The number of hydrogen-bond acceptors (Lipinski definition) is 5. The van der Waals surface area contributed by atoms with Crippen LogP contribution in [0.4, 0.5) is 0 Å². The third kappa shape index (κ3) is 3.32. The van der Waals surface area contributed by atoms with Gasteiger partial charge in [-0.3, -0.25) is 0 Å². The Morgan fingerprint density at radius 3 is 2.78 bits per heavy atom. The van der Waals surface area contributed by atoms with Crippen molar-refractivity contribution >= 4 is 5.97 Å². The van der Waals surface area contributed by atoms with Crippen LogP contribution in [0.25, 0.3) is 0 Å². The lowest BCUT2D eigenvalue weighted by atomic mass is 9.94. The first-order chi connectivity index (χ1) is 8.59. The summed E-state index contributed by atoms with van der Waals surface area (Å²) in [5, 5.41) is 22.0. The van der Waals surface area contributed by atoms with E-state index in [1.54, 1.807) is 0 Å². The van der Waals surface area contributed by atoms with Gasteiger partial charge in [0.2, 0.25) is 0 Å². The molecule has 1 saturated heterocycles. The quantitative estimate of drug-likeness (QED) is 0.714. The number of hydrogen-bond donors (Lipinski definition) is 3. The zero-order chi connectivity index (χ0) is 13.0. The third-order valence-corrected chi connectivity index (χ3v) is 3.08. The molecule has 100 valence electrons. The summed E-state index contributed by atoms with van der Waals surface area (Å²) >= 11 is 0. The van der Waals surface area contributed by atoms with Gasteiger partial charge < -0.3 is 24.7 Å². The van der Waals surface area contributed by atoms with E-state index >= 15 is 0 Å². The van der Waals surface area contributed by atoms with Crippen molar-refractivity contribution < 1.29 is 24.2 Å². The first-order valence-electron chi connectivity index (χ1n) is 5.91. The lowest BCUT2D eigenvalue weighted by Gasteiger charge is -2.32. The van der Waals surface area contributed by atoms with Crippen molar-refractivity contribution in [3.8, 4) is 0 Å². The van der Waals surface area contributed by atoms with Crippen LogP contribution in [-0.2, 0) is 11.3 Å². The van der Waals surface area contributed by atoms with Crippen LogP contribution in [0.5, 0.6) is 0 Å². The Balaban J connectivity index is 1.78. The Bertz CT molecular complexity index is 408. The molecule has 0 atom stereocenters. The van der Waals surface area contributed by atoms with E-state index in [2.05, 4.69) is 5.32 Å². The van der Waals surface area contributed by atoms with Crippen molar-refractivity contribution in [3.05, 3.63) is 23.7 Å². The van der Waals surface area contributed by atoms with Crippen LogP contribution in [0.1, 0.15) is 29.0 Å². The third-order valence-electron chi connectivity index (χ3n) is 3.08. The minimum Gasteiger partial charge on any atom is -0.478 e. The van der Waals surface area contributed by atoms with Gasteiger partial charge in [-0.1, -0.05) is 0 Å². The summed E-state index contributed by atoms with van der Waals surface area (Å²) in [5.74, 6) is -0.462. The second-order valence-corrected chi connectivity index (χ2v) is 4.55. The lowest BCUT2D eigenvalue weighted by Crippen LogP contribution is -2.44. The van der Waals surface area contributed by atoms with E-state index in [9.17, 15) is 9.90 Å². The predicted octanol–water partition coefficient (Wildman–Crippen LogP) is 0.609. The molecule has 2 heterocycles. The summed E-state index contributed by atoms with van der Waals surface area (Å²) in [5.41, 5.74) is -0.600. The number of aliphatic hydroxyl groups is 1. The first-order valence-corrected chi connectivity index (χ1v) is 5.91. The molecule has 0 aromatic carbocycles. The molecule has 0 unspecified atom stereocenters. The fourth-order valence-corrected chi connectivity index (χ4v) is 1.93. The maximum Gasteiger partial charge on any atom is 0.338 e. The maximum atomic E-state index is 10.7. The molecular formula is C12H17NO5. The van der Waals surface area contributed by atoms with Crippen molar-refractivity contribution in [1.29, 1.82) is 0 Å². The van der Waals surface area contributed by atoms with Crippen molar-refractivity contribution in [2.75, 3.05) is 19.8 Å². The predicted molar refractivity (Wildman–Crippen MR) is 62.4 cm³/mol. The monoisotopic (exact) mass is 255 g/mol. The molecule has 18 heavy (non-hydrogen) atoms. The van der Waals surface area contributed by atoms with Gasteiger partial charge in [0.25, 0.3) is 0 Å². The average molecular weight is 255 g/mol. The lowest BCUT2D eigenvalue weighted by molar-refractivity contribution is -0.0618. The highest BCUT2D eigenvalue weighted by molar-refractivity contribution is 5.87. The van der Waals surface area contributed by atoms with Crippen LogP contribution in [-0.4, -0.2) is 41.5 Å². The van der Waals surface area contributed by atoms with Gasteiger partial charge in [0.05, 0.1) is 17.7 Å². The molecule has 0 amide bonds. The van der Waals surface area contributed by atoms with Crippen LogP contribution in [0, 0.1) is 0 Å². The number of ether oxygens (including phenoxy) is 1. The van der Waals surface area contributed by atoms with E-state index in [0.29, 0.717) is 44.9 Å². The Morgan fingerprint density at radius 2 is 2.17 bits per heavy atom. The fourth-order valence-electron chi connectivity index (χ4n) is 1.93. The van der Waals surface area contributed by atoms with Gasteiger partial charge >= 0.3 is 5.97 Å². The van der Waals surface area contributed by atoms with Gasteiger partial charge in [-0.2, -0.15) is 0 Å². The van der Waals surface area contributed by atoms with E-state index in [1.165, 1.54) is 12.3 Å². The summed E-state index contributed by atoms with van der Waals surface area (Å²) in [6.45, 7) is 1.99. The Hall–Kier alpha value is -1.37. The van der Waals surface area contributed by atoms with Crippen LogP contribution < -0.4 is 5.32 Å². The number of carboxylic acid groups (broad SMARTS) is 1. The molecule has 0 aliphatic carbocycles. The van der Waals surface area contributed by atoms with Gasteiger partial charge in [-0.25, -0.2) is 4.79 Å². The van der Waals surface area contributed by atoms with E-state index in [0.717, 1.165) is 0 Å². The number of carbonyl (C=O) groups is 1. The van der Waals surface area contributed by atoms with Crippen LogP contribution >= 0.6 is 0 Å².